The van der Waals surface area contributed by atoms with E-state index in [1.807, 2.05) is 50.2 Å². The third kappa shape index (κ3) is 3.12. The van der Waals surface area contributed by atoms with Gasteiger partial charge in [-0.25, -0.2) is 9.59 Å². The molecule has 0 saturated heterocycles. The Morgan fingerprint density at radius 2 is 1.52 bits per heavy atom. The highest BCUT2D eigenvalue weighted by atomic mass is 127. The minimum atomic E-state index is -1.58. The van der Waals surface area contributed by atoms with E-state index in [0.717, 1.165) is 0 Å². The molecule has 23 heavy (non-hydrogen) atoms. The summed E-state index contributed by atoms with van der Waals surface area (Å²) in [6.07, 6.45) is 0. The van der Waals surface area contributed by atoms with E-state index in [1.54, 1.807) is 0 Å². The van der Waals surface area contributed by atoms with E-state index in [2.05, 4.69) is 0 Å². The van der Waals surface area contributed by atoms with E-state index in [4.69, 9.17) is 5.73 Å². The zero-order valence-corrected chi connectivity index (χ0v) is 15.4. The molecule has 8 nitrogen and oxygen atoms in total. The van der Waals surface area contributed by atoms with Crippen molar-refractivity contribution in [2.45, 2.75) is 0 Å². The number of pyridine rings is 1. The molecular formula is C13H8I2N2O6. The molecule has 0 spiro atoms. The molecule has 10 heteroatoms. The summed E-state index contributed by atoms with van der Waals surface area (Å²) in [5.41, 5.74) is 3.16. The number of H-pyrrole nitrogens is 1. The zero-order chi connectivity index (χ0) is 17.5. The van der Waals surface area contributed by atoms with Gasteiger partial charge in [0, 0.05) is 5.56 Å². The van der Waals surface area contributed by atoms with Crippen LogP contribution in [0.4, 0.5) is 5.82 Å². The summed E-state index contributed by atoms with van der Waals surface area (Å²) in [5.74, 6) is -3.53. The quantitative estimate of drug-likeness (QED) is 0.372. The Balaban J connectivity index is 3.03. The van der Waals surface area contributed by atoms with Crippen LogP contribution in [0.1, 0.15) is 20.7 Å². The average Bonchev–Trinajstić information content (AvgIpc) is 2.42. The Bertz CT molecular complexity index is 883. The first-order valence-corrected chi connectivity index (χ1v) is 8.01. The van der Waals surface area contributed by atoms with E-state index in [9.17, 15) is 29.7 Å². The summed E-state index contributed by atoms with van der Waals surface area (Å²) < 4.78 is 0.743. The van der Waals surface area contributed by atoms with Crippen molar-refractivity contribution in [3.63, 3.8) is 0 Å². The van der Waals surface area contributed by atoms with Gasteiger partial charge in [0.15, 0.2) is 0 Å². The summed E-state index contributed by atoms with van der Waals surface area (Å²) >= 11 is 3.62. The van der Waals surface area contributed by atoms with Crippen LogP contribution in [0.2, 0.25) is 0 Å². The van der Waals surface area contributed by atoms with Crippen molar-refractivity contribution in [3.05, 3.63) is 40.8 Å². The van der Waals surface area contributed by atoms with Crippen LogP contribution in [0.25, 0.3) is 11.1 Å². The molecular weight excluding hydrogens is 534 g/mol. The van der Waals surface area contributed by atoms with Crippen molar-refractivity contribution >= 4 is 62.9 Å². The van der Waals surface area contributed by atoms with Crippen molar-refractivity contribution < 1.29 is 24.9 Å². The first-order chi connectivity index (χ1) is 10.6. The SMILES string of the molecule is Nc1[nH]c(=O)c(C(=O)O)c(-c2cc(I)c(O)c(I)c2)c1C(=O)O. The van der Waals surface area contributed by atoms with Crippen LogP contribution in [0.15, 0.2) is 16.9 Å². The first kappa shape index (κ1) is 17.5. The summed E-state index contributed by atoms with van der Waals surface area (Å²) in [6, 6.07) is 2.76. The van der Waals surface area contributed by atoms with Crippen LogP contribution in [0, 0.1) is 7.14 Å². The number of nitrogens with one attached hydrogen (secondary N) is 1. The maximum atomic E-state index is 11.9. The number of aromatic carboxylic acids is 2. The Morgan fingerprint density at radius 1 is 1.04 bits per heavy atom. The maximum absolute atomic E-state index is 11.9. The average molecular weight is 542 g/mol. The number of aromatic hydroxyl groups is 1. The molecule has 0 aliphatic carbocycles. The van der Waals surface area contributed by atoms with Gasteiger partial charge in [-0.3, -0.25) is 4.79 Å². The number of halogens is 2. The molecule has 0 radical (unpaired) electrons. The molecule has 0 aliphatic heterocycles. The van der Waals surface area contributed by atoms with Crippen LogP contribution in [-0.2, 0) is 0 Å². The van der Waals surface area contributed by atoms with Gasteiger partial charge >= 0.3 is 11.9 Å². The number of anilines is 1. The number of carboxylic acids is 2. The zero-order valence-electron chi connectivity index (χ0n) is 11.1. The lowest BCUT2D eigenvalue weighted by Gasteiger charge is -2.13. The number of hydrogen-bond acceptors (Lipinski definition) is 5. The molecule has 1 aromatic heterocycles. The molecule has 0 saturated carbocycles. The fourth-order valence-electron chi connectivity index (χ4n) is 2.05. The second-order valence-electron chi connectivity index (χ2n) is 4.39. The van der Waals surface area contributed by atoms with Gasteiger partial charge in [0.1, 0.15) is 22.7 Å². The standard InChI is InChI=1S/C13H8I2N2O6/c14-4-1-3(2-5(15)9(4)18)6-7(12(20)21)10(16)17-11(19)8(6)13(22)23/h1-2,18H,(H,20,21)(H,22,23)(H3,16,17,19). The highest BCUT2D eigenvalue weighted by Crippen LogP contribution is 2.35. The summed E-state index contributed by atoms with van der Waals surface area (Å²) in [6.45, 7) is 0. The molecule has 0 atom stereocenters. The molecule has 6 N–H and O–H groups in total. The molecule has 2 rings (SSSR count). The highest BCUT2D eigenvalue weighted by molar-refractivity contribution is 14.1. The van der Waals surface area contributed by atoms with Crippen LogP contribution < -0.4 is 11.3 Å². The Labute approximate surface area is 155 Å². The molecule has 120 valence electrons. The van der Waals surface area contributed by atoms with E-state index in [1.165, 1.54) is 12.1 Å². The largest absolute Gasteiger partial charge is 0.506 e. The fourth-order valence-corrected chi connectivity index (χ4v) is 3.81. The first-order valence-electron chi connectivity index (χ1n) is 5.85. The molecule has 0 bridgehead atoms. The third-order valence-corrected chi connectivity index (χ3v) is 4.62. The molecule has 0 amide bonds. The predicted octanol–water partition coefficient (Wildman–Crippen LogP) is 1.94. The maximum Gasteiger partial charge on any atom is 0.342 e. The van der Waals surface area contributed by atoms with E-state index >= 15 is 0 Å². The number of carboxylic acid groups (broad SMARTS) is 2. The van der Waals surface area contributed by atoms with Crippen molar-refractivity contribution in [2.75, 3.05) is 5.73 Å². The second-order valence-corrected chi connectivity index (χ2v) is 6.72. The van der Waals surface area contributed by atoms with Crippen LogP contribution in [-0.4, -0.2) is 32.2 Å². The number of aromatic amines is 1. The monoisotopic (exact) mass is 542 g/mol. The van der Waals surface area contributed by atoms with Gasteiger partial charge < -0.3 is 26.0 Å². The fraction of sp³-hybridized carbons (Fsp3) is 0. The molecule has 0 unspecified atom stereocenters. The molecule has 0 fully saturated rings. The number of hydrogen-bond donors (Lipinski definition) is 5. The van der Waals surface area contributed by atoms with Crippen molar-refractivity contribution in [3.8, 4) is 16.9 Å². The van der Waals surface area contributed by atoms with E-state index < -0.39 is 34.4 Å². The van der Waals surface area contributed by atoms with Gasteiger partial charge in [0.2, 0.25) is 0 Å². The molecule has 2 aromatic rings. The number of rotatable bonds is 3. The minimum Gasteiger partial charge on any atom is -0.506 e. The van der Waals surface area contributed by atoms with E-state index in [-0.39, 0.29) is 16.9 Å². The van der Waals surface area contributed by atoms with Gasteiger partial charge in [-0.1, -0.05) is 0 Å². The molecule has 1 heterocycles. The number of phenolic OH excluding ortho intramolecular Hbond substituents is 1. The summed E-state index contributed by atoms with van der Waals surface area (Å²) in [5, 5.41) is 28.4. The van der Waals surface area contributed by atoms with Gasteiger partial charge in [-0.15, -0.1) is 0 Å². The van der Waals surface area contributed by atoms with Crippen molar-refractivity contribution in [2.24, 2.45) is 0 Å². The van der Waals surface area contributed by atoms with Crippen molar-refractivity contribution in [1.82, 2.24) is 4.98 Å². The minimum absolute atomic E-state index is 0.0264. The number of phenols is 1. The number of benzene rings is 1. The Hall–Kier alpha value is -1.83. The van der Waals surface area contributed by atoms with Crippen LogP contribution >= 0.6 is 45.2 Å². The Morgan fingerprint density at radius 3 is 1.96 bits per heavy atom. The van der Waals surface area contributed by atoms with Crippen LogP contribution in [0.5, 0.6) is 5.75 Å². The van der Waals surface area contributed by atoms with Gasteiger partial charge in [0.25, 0.3) is 5.56 Å². The van der Waals surface area contributed by atoms with E-state index in [0.29, 0.717) is 7.14 Å². The number of carbonyl (C=O) groups is 2. The lowest BCUT2D eigenvalue weighted by molar-refractivity contribution is 0.0695. The lowest BCUT2D eigenvalue weighted by atomic mass is 9.95. The third-order valence-electron chi connectivity index (χ3n) is 2.98. The lowest BCUT2D eigenvalue weighted by Crippen LogP contribution is -2.24. The Kier molecular flexibility index (Phi) is 4.84. The van der Waals surface area contributed by atoms with Gasteiger partial charge in [0.05, 0.1) is 7.14 Å². The topological polar surface area (TPSA) is 154 Å². The van der Waals surface area contributed by atoms with Crippen LogP contribution in [0.3, 0.4) is 0 Å². The second kappa shape index (κ2) is 6.35. The number of nitrogen functional groups attached to an aromatic ring is 1. The van der Waals surface area contributed by atoms with Crippen molar-refractivity contribution in [1.29, 1.82) is 0 Å². The predicted molar refractivity (Wildman–Crippen MR) is 97.9 cm³/mol. The molecule has 1 aromatic carbocycles. The summed E-state index contributed by atoms with van der Waals surface area (Å²) in [4.78, 5) is 36.9. The normalized spacial score (nSPS) is 10.5. The highest BCUT2D eigenvalue weighted by Gasteiger charge is 2.27. The number of aromatic nitrogens is 1. The van der Waals surface area contributed by atoms with Gasteiger partial charge in [-0.2, -0.15) is 0 Å². The van der Waals surface area contributed by atoms with Gasteiger partial charge in [-0.05, 0) is 62.9 Å². The smallest absolute Gasteiger partial charge is 0.342 e. The molecule has 0 aliphatic rings. The summed E-state index contributed by atoms with van der Waals surface area (Å²) in [7, 11) is 0. The number of nitrogens with two attached hydrogens (primary N) is 1.